The average molecular weight is 421 g/mol. The molecule has 0 saturated heterocycles. The quantitative estimate of drug-likeness (QED) is 0.604. The molecule has 0 saturated carbocycles. The number of hydrogen-bond donors (Lipinski definition) is 1. The van der Waals surface area contributed by atoms with Crippen molar-refractivity contribution >= 4 is 33.5 Å². The third-order valence-electron chi connectivity index (χ3n) is 4.32. The number of halogens is 1. The lowest BCUT2D eigenvalue weighted by molar-refractivity contribution is 0.456. The molecule has 0 fully saturated rings. The number of hydrazone groups is 1. The summed E-state index contributed by atoms with van der Waals surface area (Å²) in [6, 6.07) is 11.2. The molecule has 1 atom stereocenters. The second-order valence-corrected chi connectivity index (χ2v) is 8.67. The SMILES string of the molecule is CN=C(NS(=O)(=O)N(C)C)N1CC(c2ccncc2)C(c2ccc(Cl)cc2)=N1. The molecule has 0 radical (unpaired) electrons. The van der Waals surface area contributed by atoms with Gasteiger partial charge in [0.15, 0.2) is 0 Å². The van der Waals surface area contributed by atoms with Crippen LogP contribution in [0.4, 0.5) is 0 Å². The average Bonchev–Trinajstić information content (AvgIpc) is 3.12. The number of nitrogens with zero attached hydrogens (tertiary/aromatic N) is 5. The highest BCUT2D eigenvalue weighted by molar-refractivity contribution is 7.87. The van der Waals surface area contributed by atoms with Crippen molar-refractivity contribution in [1.29, 1.82) is 0 Å². The molecular weight excluding hydrogens is 400 g/mol. The second kappa shape index (κ2) is 8.26. The van der Waals surface area contributed by atoms with Crippen LogP contribution in [-0.2, 0) is 10.2 Å². The van der Waals surface area contributed by atoms with Crippen LogP contribution in [0, 0.1) is 0 Å². The van der Waals surface area contributed by atoms with Crippen LogP contribution in [0.3, 0.4) is 0 Å². The third kappa shape index (κ3) is 4.32. The topological polar surface area (TPSA) is 90.3 Å². The van der Waals surface area contributed by atoms with Gasteiger partial charge in [-0.05, 0) is 35.4 Å². The van der Waals surface area contributed by atoms with Gasteiger partial charge in [-0.1, -0.05) is 23.7 Å². The van der Waals surface area contributed by atoms with Crippen LogP contribution >= 0.6 is 11.6 Å². The van der Waals surface area contributed by atoms with E-state index in [4.69, 9.17) is 11.6 Å². The minimum Gasteiger partial charge on any atom is -0.265 e. The van der Waals surface area contributed by atoms with E-state index < -0.39 is 10.2 Å². The third-order valence-corrected chi connectivity index (χ3v) is 5.97. The molecular formula is C18H21ClN6O2S. The Morgan fingerprint density at radius 1 is 1.21 bits per heavy atom. The molecule has 2 aromatic rings. The summed E-state index contributed by atoms with van der Waals surface area (Å²) in [7, 11) is 0.708. The number of aliphatic imine (C=N–C) groups is 1. The molecule has 148 valence electrons. The highest BCUT2D eigenvalue weighted by Gasteiger charge is 2.32. The van der Waals surface area contributed by atoms with Crippen molar-refractivity contribution < 1.29 is 8.42 Å². The van der Waals surface area contributed by atoms with Gasteiger partial charge in [0, 0.05) is 44.5 Å². The molecule has 1 aliphatic heterocycles. The summed E-state index contributed by atoms with van der Waals surface area (Å²) in [6.45, 7) is 0.435. The lowest BCUT2D eigenvalue weighted by Crippen LogP contribution is -2.45. The van der Waals surface area contributed by atoms with E-state index in [2.05, 4.69) is 19.8 Å². The molecule has 1 aromatic heterocycles. The van der Waals surface area contributed by atoms with E-state index in [0.29, 0.717) is 11.6 Å². The van der Waals surface area contributed by atoms with Crippen molar-refractivity contribution in [2.75, 3.05) is 27.7 Å². The predicted octanol–water partition coefficient (Wildman–Crippen LogP) is 1.92. The molecule has 1 N–H and O–H groups in total. The monoisotopic (exact) mass is 420 g/mol. The van der Waals surface area contributed by atoms with Gasteiger partial charge >= 0.3 is 10.2 Å². The standard InChI is InChI=1S/C18H21ClN6O2S/c1-20-18(23-28(26,27)24(2)3)25-12-16(13-8-10-21-11-9-13)17(22-25)14-4-6-15(19)7-5-14/h4-11,16H,12H2,1-3H3,(H,20,23). The van der Waals surface area contributed by atoms with Gasteiger partial charge < -0.3 is 0 Å². The van der Waals surface area contributed by atoms with Gasteiger partial charge in [-0.3, -0.25) is 9.98 Å². The zero-order valence-corrected chi connectivity index (χ0v) is 17.3. The molecule has 8 nitrogen and oxygen atoms in total. The molecule has 1 aliphatic rings. The second-order valence-electron chi connectivity index (χ2n) is 6.34. The lowest BCUT2D eigenvalue weighted by Gasteiger charge is -2.20. The summed E-state index contributed by atoms with van der Waals surface area (Å²) < 4.78 is 28.0. The molecule has 0 bridgehead atoms. The Kier molecular flexibility index (Phi) is 5.97. The minimum absolute atomic E-state index is 0.0789. The number of nitrogens with one attached hydrogen (secondary N) is 1. The maximum Gasteiger partial charge on any atom is 0.303 e. The first-order valence-electron chi connectivity index (χ1n) is 8.51. The van der Waals surface area contributed by atoms with Crippen molar-refractivity contribution in [3.8, 4) is 0 Å². The number of aromatic nitrogens is 1. The van der Waals surface area contributed by atoms with Gasteiger partial charge in [0.2, 0.25) is 5.96 Å². The summed E-state index contributed by atoms with van der Waals surface area (Å²) in [5.74, 6) is 0.0708. The smallest absolute Gasteiger partial charge is 0.265 e. The predicted molar refractivity (Wildman–Crippen MR) is 111 cm³/mol. The Hall–Kier alpha value is -2.49. The minimum atomic E-state index is -3.70. The number of guanidine groups is 1. The molecule has 0 aliphatic carbocycles. The van der Waals surface area contributed by atoms with Gasteiger partial charge in [0.25, 0.3) is 0 Å². The first-order valence-corrected chi connectivity index (χ1v) is 10.3. The number of hydrogen-bond acceptors (Lipinski definition) is 5. The van der Waals surface area contributed by atoms with Gasteiger partial charge in [0.05, 0.1) is 12.3 Å². The van der Waals surface area contributed by atoms with Crippen molar-refractivity contribution in [2.24, 2.45) is 10.1 Å². The van der Waals surface area contributed by atoms with E-state index in [1.807, 2.05) is 24.3 Å². The van der Waals surface area contributed by atoms with Crippen LogP contribution in [0.15, 0.2) is 58.9 Å². The molecule has 28 heavy (non-hydrogen) atoms. The fourth-order valence-electron chi connectivity index (χ4n) is 2.79. The summed E-state index contributed by atoms with van der Waals surface area (Å²) in [4.78, 5) is 8.17. The van der Waals surface area contributed by atoms with Crippen LogP contribution in [-0.4, -0.2) is 62.1 Å². The van der Waals surface area contributed by atoms with E-state index in [-0.39, 0.29) is 11.9 Å². The van der Waals surface area contributed by atoms with Gasteiger partial charge in [-0.15, -0.1) is 0 Å². The number of pyridine rings is 1. The normalized spacial score (nSPS) is 17.8. The Morgan fingerprint density at radius 2 is 1.86 bits per heavy atom. The molecule has 0 spiro atoms. The maximum absolute atomic E-state index is 12.2. The van der Waals surface area contributed by atoms with Gasteiger partial charge in [-0.2, -0.15) is 17.8 Å². The van der Waals surface area contributed by atoms with Crippen molar-refractivity contribution in [1.82, 2.24) is 19.0 Å². The van der Waals surface area contributed by atoms with Crippen LogP contribution in [0.2, 0.25) is 5.02 Å². The molecule has 3 rings (SSSR count). The molecule has 1 unspecified atom stereocenters. The van der Waals surface area contributed by atoms with Crippen molar-refractivity contribution in [3.63, 3.8) is 0 Å². The Morgan fingerprint density at radius 3 is 2.43 bits per heavy atom. The molecule has 10 heteroatoms. The number of rotatable bonds is 4. The first-order chi connectivity index (χ1) is 13.3. The number of benzene rings is 1. The highest BCUT2D eigenvalue weighted by Crippen LogP contribution is 2.29. The van der Waals surface area contributed by atoms with E-state index in [9.17, 15) is 8.42 Å². The van der Waals surface area contributed by atoms with E-state index in [1.165, 1.54) is 21.1 Å². The van der Waals surface area contributed by atoms with Crippen LogP contribution in [0.25, 0.3) is 0 Å². The van der Waals surface area contributed by atoms with Gasteiger partial charge in [0.1, 0.15) is 0 Å². The van der Waals surface area contributed by atoms with Crippen molar-refractivity contribution in [3.05, 3.63) is 64.9 Å². The Labute approximate surface area is 169 Å². The van der Waals surface area contributed by atoms with Gasteiger partial charge in [-0.25, -0.2) is 9.73 Å². The van der Waals surface area contributed by atoms with Crippen LogP contribution in [0.1, 0.15) is 17.0 Å². The first kappa shape index (κ1) is 20.2. The Balaban J connectivity index is 1.98. The molecule has 2 heterocycles. The van der Waals surface area contributed by atoms with Crippen LogP contribution < -0.4 is 4.72 Å². The summed E-state index contributed by atoms with van der Waals surface area (Å²) in [5, 5.41) is 6.87. The van der Waals surface area contributed by atoms with E-state index >= 15 is 0 Å². The van der Waals surface area contributed by atoms with Crippen LogP contribution in [0.5, 0.6) is 0 Å². The van der Waals surface area contributed by atoms with Crippen molar-refractivity contribution in [2.45, 2.75) is 5.92 Å². The summed E-state index contributed by atoms with van der Waals surface area (Å²) >= 11 is 6.02. The molecule has 0 amide bonds. The van der Waals surface area contributed by atoms with E-state index in [0.717, 1.165) is 21.1 Å². The summed E-state index contributed by atoms with van der Waals surface area (Å²) in [5.41, 5.74) is 2.73. The molecule has 1 aromatic carbocycles. The fraction of sp³-hybridized carbons (Fsp3) is 0.278. The maximum atomic E-state index is 12.2. The van der Waals surface area contributed by atoms with E-state index in [1.54, 1.807) is 29.5 Å². The lowest BCUT2D eigenvalue weighted by atomic mass is 9.91. The highest BCUT2D eigenvalue weighted by atomic mass is 35.5. The zero-order chi connectivity index (χ0) is 20.3. The Bertz CT molecular complexity index is 990. The fourth-order valence-corrected chi connectivity index (χ4v) is 3.53. The zero-order valence-electron chi connectivity index (χ0n) is 15.7. The largest absolute Gasteiger partial charge is 0.303 e. The summed E-state index contributed by atoms with van der Waals surface area (Å²) in [6.07, 6.45) is 3.45.